The first-order valence-electron chi connectivity index (χ1n) is 6.64. The maximum atomic E-state index is 13.9. The highest BCUT2D eigenvalue weighted by molar-refractivity contribution is 5.22. The molecule has 102 valence electrons. The van der Waals surface area contributed by atoms with E-state index in [-0.39, 0.29) is 11.7 Å². The Morgan fingerprint density at radius 3 is 2.67 bits per heavy atom. The molecule has 0 amide bonds. The summed E-state index contributed by atoms with van der Waals surface area (Å²) in [7, 11) is 1.70. The van der Waals surface area contributed by atoms with Crippen LogP contribution in [0.4, 0.5) is 4.39 Å². The molecule has 2 nitrogen and oxygen atoms in total. The topological polar surface area (TPSA) is 21.3 Å². The van der Waals surface area contributed by atoms with Gasteiger partial charge >= 0.3 is 0 Å². The minimum atomic E-state index is -0.107. The number of likely N-dealkylation sites (N-methyl/N-ethyl adjacent to an activating group) is 1. The van der Waals surface area contributed by atoms with E-state index in [2.05, 4.69) is 19.2 Å². The second kappa shape index (κ2) is 8.22. The zero-order valence-electron chi connectivity index (χ0n) is 11.6. The van der Waals surface area contributed by atoms with Crippen LogP contribution in [0.25, 0.3) is 0 Å². The normalized spacial score (nSPS) is 14.4. The largest absolute Gasteiger partial charge is 0.385 e. The van der Waals surface area contributed by atoms with Crippen molar-refractivity contribution in [3.8, 4) is 0 Å². The lowest BCUT2D eigenvalue weighted by atomic mass is 9.85. The molecule has 0 aromatic heterocycles. The van der Waals surface area contributed by atoms with Crippen LogP contribution >= 0.6 is 0 Å². The quantitative estimate of drug-likeness (QED) is 0.768. The van der Waals surface area contributed by atoms with E-state index in [4.69, 9.17) is 4.74 Å². The molecule has 2 unspecified atom stereocenters. The van der Waals surface area contributed by atoms with E-state index in [1.807, 2.05) is 12.1 Å². The summed E-state index contributed by atoms with van der Waals surface area (Å²) in [6.07, 6.45) is 0.945. The lowest BCUT2D eigenvalue weighted by Crippen LogP contribution is -2.26. The summed E-state index contributed by atoms with van der Waals surface area (Å²) in [5, 5.41) is 3.32. The minimum absolute atomic E-state index is 0.107. The lowest BCUT2D eigenvalue weighted by molar-refractivity contribution is 0.173. The Hall–Kier alpha value is -0.930. The van der Waals surface area contributed by atoms with Gasteiger partial charge in [-0.25, -0.2) is 4.39 Å². The predicted molar refractivity (Wildman–Crippen MR) is 73.3 cm³/mol. The van der Waals surface area contributed by atoms with Crippen molar-refractivity contribution in [2.45, 2.75) is 26.2 Å². The zero-order chi connectivity index (χ0) is 13.4. The number of halogens is 1. The van der Waals surface area contributed by atoms with Gasteiger partial charge in [-0.3, -0.25) is 0 Å². The molecule has 0 aliphatic carbocycles. The Kier molecular flexibility index (Phi) is 6.91. The van der Waals surface area contributed by atoms with Gasteiger partial charge in [0, 0.05) is 26.2 Å². The smallest absolute Gasteiger partial charge is 0.126 e. The summed E-state index contributed by atoms with van der Waals surface area (Å²) in [5.74, 6) is 0.479. The molecule has 0 fully saturated rings. The first-order chi connectivity index (χ1) is 8.70. The van der Waals surface area contributed by atoms with E-state index >= 15 is 0 Å². The highest BCUT2D eigenvalue weighted by atomic mass is 19.1. The van der Waals surface area contributed by atoms with Gasteiger partial charge in [0.15, 0.2) is 0 Å². The van der Waals surface area contributed by atoms with Crippen molar-refractivity contribution in [1.29, 1.82) is 0 Å². The Labute approximate surface area is 110 Å². The molecule has 2 atom stereocenters. The summed E-state index contributed by atoms with van der Waals surface area (Å²) >= 11 is 0. The molecular formula is C15H24FNO. The predicted octanol–water partition coefficient (Wildman–Crippen LogP) is 3.19. The molecule has 1 aromatic carbocycles. The van der Waals surface area contributed by atoms with Crippen molar-refractivity contribution < 1.29 is 9.13 Å². The molecule has 18 heavy (non-hydrogen) atoms. The SMILES string of the molecule is CCNCC(c1ccccc1F)C(C)CCOC. The fraction of sp³-hybridized carbons (Fsp3) is 0.600. The molecule has 1 aromatic rings. The number of hydrogen-bond donors (Lipinski definition) is 1. The zero-order valence-corrected chi connectivity index (χ0v) is 11.6. The molecule has 0 saturated carbocycles. The molecule has 0 saturated heterocycles. The van der Waals surface area contributed by atoms with Gasteiger partial charge in [-0.1, -0.05) is 32.0 Å². The molecule has 0 heterocycles. The lowest BCUT2D eigenvalue weighted by Gasteiger charge is -2.25. The average molecular weight is 253 g/mol. The number of benzene rings is 1. The highest BCUT2D eigenvalue weighted by Gasteiger charge is 2.21. The maximum absolute atomic E-state index is 13.9. The molecule has 0 bridgehead atoms. The number of hydrogen-bond acceptors (Lipinski definition) is 2. The Morgan fingerprint density at radius 2 is 2.06 bits per heavy atom. The van der Waals surface area contributed by atoms with Crippen molar-refractivity contribution in [2.75, 3.05) is 26.8 Å². The van der Waals surface area contributed by atoms with Crippen LogP contribution in [0, 0.1) is 11.7 Å². The molecule has 0 radical (unpaired) electrons. The molecule has 1 rings (SSSR count). The van der Waals surface area contributed by atoms with Crippen LogP contribution in [0.2, 0.25) is 0 Å². The van der Waals surface area contributed by atoms with Gasteiger partial charge in [-0.15, -0.1) is 0 Å². The summed E-state index contributed by atoms with van der Waals surface area (Å²) in [6, 6.07) is 7.07. The monoisotopic (exact) mass is 253 g/mol. The summed E-state index contributed by atoms with van der Waals surface area (Å²) < 4.78 is 19.0. The van der Waals surface area contributed by atoms with Crippen molar-refractivity contribution in [3.05, 3.63) is 35.6 Å². The number of rotatable bonds is 8. The van der Waals surface area contributed by atoms with Crippen LogP contribution < -0.4 is 5.32 Å². The van der Waals surface area contributed by atoms with Crippen LogP contribution in [0.1, 0.15) is 31.7 Å². The summed E-state index contributed by atoms with van der Waals surface area (Å²) in [4.78, 5) is 0. The van der Waals surface area contributed by atoms with Crippen molar-refractivity contribution >= 4 is 0 Å². The fourth-order valence-electron chi connectivity index (χ4n) is 2.20. The van der Waals surface area contributed by atoms with E-state index in [0.29, 0.717) is 5.92 Å². The third-order valence-corrected chi connectivity index (χ3v) is 3.38. The summed E-state index contributed by atoms with van der Waals surface area (Å²) in [5.41, 5.74) is 0.807. The molecule has 3 heteroatoms. The fourth-order valence-corrected chi connectivity index (χ4v) is 2.20. The molecule has 0 aliphatic rings. The molecule has 1 N–H and O–H groups in total. The molecule has 0 aliphatic heterocycles. The third-order valence-electron chi connectivity index (χ3n) is 3.38. The third kappa shape index (κ3) is 4.39. The van der Waals surface area contributed by atoms with E-state index in [1.165, 1.54) is 6.07 Å². The van der Waals surface area contributed by atoms with Crippen LogP contribution in [-0.2, 0) is 4.74 Å². The van der Waals surface area contributed by atoms with Crippen molar-refractivity contribution in [3.63, 3.8) is 0 Å². The first-order valence-corrected chi connectivity index (χ1v) is 6.64. The van der Waals surface area contributed by atoms with Crippen molar-refractivity contribution in [2.24, 2.45) is 5.92 Å². The van der Waals surface area contributed by atoms with E-state index in [0.717, 1.165) is 31.7 Å². The first kappa shape index (κ1) is 15.1. The van der Waals surface area contributed by atoms with Crippen LogP contribution in [-0.4, -0.2) is 26.8 Å². The molecule has 0 spiro atoms. The number of nitrogens with one attached hydrogen (secondary N) is 1. The second-order valence-corrected chi connectivity index (χ2v) is 4.69. The average Bonchev–Trinajstić information content (AvgIpc) is 2.38. The van der Waals surface area contributed by atoms with Gasteiger partial charge in [-0.05, 0) is 30.5 Å². The van der Waals surface area contributed by atoms with Gasteiger partial charge in [0.1, 0.15) is 5.82 Å². The van der Waals surface area contributed by atoms with E-state index in [9.17, 15) is 4.39 Å². The van der Waals surface area contributed by atoms with Gasteiger partial charge in [0.25, 0.3) is 0 Å². The van der Waals surface area contributed by atoms with Crippen LogP contribution in [0.3, 0.4) is 0 Å². The Balaban J connectivity index is 2.80. The van der Waals surface area contributed by atoms with Gasteiger partial charge < -0.3 is 10.1 Å². The van der Waals surface area contributed by atoms with Gasteiger partial charge in [-0.2, -0.15) is 0 Å². The van der Waals surface area contributed by atoms with Gasteiger partial charge in [0.05, 0.1) is 0 Å². The maximum Gasteiger partial charge on any atom is 0.126 e. The van der Waals surface area contributed by atoms with Crippen molar-refractivity contribution in [1.82, 2.24) is 5.32 Å². The van der Waals surface area contributed by atoms with Gasteiger partial charge in [0.2, 0.25) is 0 Å². The highest BCUT2D eigenvalue weighted by Crippen LogP contribution is 2.28. The van der Waals surface area contributed by atoms with E-state index < -0.39 is 0 Å². The van der Waals surface area contributed by atoms with E-state index in [1.54, 1.807) is 13.2 Å². The Bertz CT molecular complexity index is 343. The molecular weight excluding hydrogens is 229 g/mol. The number of ether oxygens (including phenoxy) is 1. The summed E-state index contributed by atoms with van der Waals surface area (Å²) in [6.45, 7) is 6.66. The standard InChI is InChI=1S/C15H24FNO/c1-4-17-11-14(12(2)9-10-18-3)13-7-5-6-8-15(13)16/h5-8,12,14,17H,4,9-11H2,1-3H3. The Morgan fingerprint density at radius 1 is 1.33 bits per heavy atom. The van der Waals surface area contributed by atoms with Crippen LogP contribution in [0.5, 0.6) is 0 Å². The number of methoxy groups -OCH3 is 1. The minimum Gasteiger partial charge on any atom is -0.385 e. The van der Waals surface area contributed by atoms with Crippen LogP contribution in [0.15, 0.2) is 24.3 Å². The second-order valence-electron chi connectivity index (χ2n) is 4.69.